The van der Waals surface area contributed by atoms with Gasteiger partial charge < -0.3 is 15.3 Å². The number of rotatable bonds is 3. The van der Waals surface area contributed by atoms with Crippen molar-refractivity contribution in [1.29, 1.82) is 0 Å². The van der Waals surface area contributed by atoms with Crippen LogP contribution in [0.25, 0.3) is 0 Å². The van der Waals surface area contributed by atoms with Gasteiger partial charge in [0.15, 0.2) is 0 Å². The van der Waals surface area contributed by atoms with Crippen molar-refractivity contribution >= 4 is 5.91 Å². The van der Waals surface area contributed by atoms with Crippen LogP contribution in [0.3, 0.4) is 0 Å². The van der Waals surface area contributed by atoms with Crippen LogP contribution in [0.5, 0.6) is 5.75 Å². The van der Waals surface area contributed by atoms with Crippen LogP contribution < -0.4 is 5.32 Å². The average molecular weight is 220 g/mol. The second-order valence-electron chi connectivity index (χ2n) is 4.18. The molecule has 1 aromatic rings. The molecule has 86 valence electrons. The van der Waals surface area contributed by atoms with Crippen LogP contribution in [0.15, 0.2) is 24.3 Å². The van der Waals surface area contributed by atoms with E-state index in [0.717, 1.165) is 18.7 Å². The molecule has 2 rings (SSSR count). The van der Waals surface area contributed by atoms with Gasteiger partial charge in [0.05, 0.1) is 5.92 Å². The molecule has 0 radical (unpaired) electrons. The smallest absolute Gasteiger partial charge is 0.228 e. The summed E-state index contributed by atoms with van der Waals surface area (Å²) in [7, 11) is 1.77. The van der Waals surface area contributed by atoms with Gasteiger partial charge in [0.25, 0.3) is 0 Å². The molecular formula is C12H16N2O2. The van der Waals surface area contributed by atoms with Crippen LogP contribution >= 0.6 is 0 Å². The van der Waals surface area contributed by atoms with E-state index >= 15 is 0 Å². The van der Waals surface area contributed by atoms with Crippen molar-refractivity contribution in [2.75, 3.05) is 20.1 Å². The Kier molecular flexibility index (Phi) is 3.10. The quantitative estimate of drug-likeness (QED) is 0.783. The number of benzene rings is 1. The SMILES string of the molecule is CN(Cc1ccccc1O)C(=O)C1CNC1. The second-order valence-corrected chi connectivity index (χ2v) is 4.18. The van der Waals surface area contributed by atoms with Gasteiger partial charge in [0, 0.05) is 32.2 Å². The molecule has 1 amide bonds. The van der Waals surface area contributed by atoms with Crippen molar-refractivity contribution in [2.24, 2.45) is 5.92 Å². The molecule has 0 aliphatic carbocycles. The van der Waals surface area contributed by atoms with E-state index in [1.165, 1.54) is 0 Å². The molecule has 0 saturated carbocycles. The predicted molar refractivity (Wildman–Crippen MR) is 60.9 cm³/mol. The summed E-state index contributed by atoms with van der Waals surface area (Å²) in [6.45, 7) is 2.00. The van der Waals surface area contributed by atoms with Crippen molar-refractivity contribution in [1.82, 2.24) is 10.2 Å². The van der Waals surface area contributed by atoms with E-state index in [4.69, 9.17) is 0 Å². The highest BCUT2D eigenvalue weighted by molar-refractivity contribution is 5.80. The van der Waals surface area contributed by atoms with Gasteiger partial charge in [-0.3, -0.25) is 4.79 Å². The molecule has 1 heterocycles. The first kappa shape index (κ1) is 11.0. The fourth-order valence-electron chi connectivity index (χ4n) is 1.75. The normalized spacial score (nSPS) is 15.6. The third-order valence-electron chi connectivity index (χ3n) is 2.91. The molecule has 1 aliphatic heterocycles. The molecule has 1 fully saturated rings. The maximum Gasteiger partial charge on any atom is 0.228 e. The Morgan fingerprint density at radius 3 is 2.75 bits per heavy atom. The Bertz CT molecular complexity index is 388. The summed E-state index contributed by atoms with van der Waals surface area (Å²) in [5, 5.41) is 12.7. The van der Waals surface area contributed by atoms with Crippen molar-refractivity contribution in [2.45, 2.75) is 6.54 Å². The Morgan fingerprint density at radius 1 is 1.50 bits per heavy atom. The van der Waals surface area contributed by atoms with Crippen LogP contribution in [-0.4, -0.2) is 36.1 Å². The molecular weight excluding hydrogens is 204 g/mol. The fourth-order valence-corrected chi connectivity index (χ4v) is 1.75. The van der Waals surface area contributed by atoms with Crippen LogP contribution in [0.4, 0.5) is 0 Å². The molecule has 2 N–H and O–H groups in total. The minimum Gasteiger partial charge on any atom is -0.508 e. The van der Waals surface area contributed by atoms with Crippen LogP contribution in [-0.2, 0) is 11.3 Å². The maximum absolute atomic E-state index is 11.8. The summed E-state index contributed by atoms with van der Waals surface area (Å²) in [4.78, 5) is 13.5. The minimum absolute atomic E-state index is 0.107. The molecule has 4 heteroatoms. The number of phenolic OH excluding ortho intramolecular Hbond substituents is 1. The lowest BCUT2D eigenvalue weighted by molar-refractivity contribution is -0.136. The maximum atomic E-state index is 11.8. The van der Waals surface area contributed by atoms with Gasteiger partial charge in [-0.2, -0.15) is 0 Å². The second kappa shape index (κ2) is 4.53. The lowest BCUT2D eigenvalue weighted by Crippen LogP contribution is -2.50. The first-order valence-corrected chi connectivity index (χ1v) is 5.41. The van der Waals surface area contributed by atoms with Gasteiger partial charge in [0.2, 0.25) is 5.91 Å². The number of phenols is 1. The zero-order valence-electron chi connectivity index (χ0n) is 9.31. The van der Waals surface area contributed by atoms with Crippen molar-refractivity contribution in [3.05, 3.63) is 29.8 Å². The molecule has 4 nitrogen and oxygen atoms in total. The van der Waals surface area contributed by atoms with E-state index in [2.05, 4.69) is 5.32 Å². The van der Waals surface area contributed by atoms with Gasteiger partial charge in [-0.25, -0.2) is 0 Å². The molecule has 16 heavy (non-hydrogen) atoms. The highest BCUT2D eigenvalue weighted by Gasteiger charge is 2.27. The highest BCUT2D eigenvalue weighted by atomic mass is 16.3. The van der Waals surface area contributed by atoms with Crippen molar-refractivity contribution < 1.29 is 9.90 Å². The number of carbonyl (C=O) groups excluding carboxylic acids is 1. The number of hydrogen-bond acceptors (Lipinski definition) is 3. The van der Waals surface area contributed by atoms with Crippen LogP contribution in [0.2, 0.25) is 0 Å². The molecule has 0 unspecified atom stereocenters. The number of hydrogen-bond donors (Lipinski definition) is 2. The predicted octanol–water partition coefficient (Wildman–Crippen LogP) is 0.570. The van der Waals surface area contributed by atoms with Crippen molar-refractivity contribution in [3.8, 4) is 5.75 Å². The number of aromatic hydroxyl groups is 1. The summed E-state index contributed by atoms with van der Waals surface area (Å²) < 4.78 is 0. The first-order valence-electron chi connectivity index (χ1n) is 5.41. The van der Waals surface area contributed by atoms with E-state index in [0.29, 0.717) is 6.54 Å². The highest BCUT2D eigenvalue weighted by Crippen LogP contribution is 2.18. The topological polar surface area (TPSA) is 52.6 Å². The van der Waals surface area contributed by atoms with Gasteiger partial charge in [-0.15, -0.1) is 0 Å². The molecule has 0 aromatic heterocycles. The Labute approximate surface area is 94.9 Å². The van der Waals surface area contributed by atoms with E-state index in [-0.39, 0.29) is 17.6 Å². The largest absolute Gasteiger partial charge is 0.508 e. The van der Waals surface area contributed by atoms with Gasteiger partial charge in [-0.05, 0) is 6.07 Å². The lowest BCUT2D eigenvalue weighted by Gasteiger charge is -2.30. The third-order valence-corrected chi connectivity index (χ3v) is 2.91. The van der Waals surface area contributed by atoms with E-state index < -0.39 is 0 Å². The van der Waals surface area contributed by atoms with Crippen LogP contribution in [0.1, 0.15) is 5.56 Å². The fraction of sp³-hybridized carbons (Fsp3) is 0.417. The average Bonchev–Trinajstić information content (AvgIpc) is 2.18. The zero-order valence-corrected chi connectivity index (χ0v) is 9.31. The van der Waals surface area contributed by atoms with Crippen molar-refractivity contribution in [3.63, 3.8) is 0 Å². The summed E-state index contributed by atoms with van der Waals surface area (Å²) in [6, 6.07) is 7.10. The summed E-state index contributed by atoms with van der Waals surface area (Å²) in [5.74, 6) is 0.492. The molecule has 0 atom stereocenters. The Balaban J connectivity index is 1.98. The number of nitrogens with zero attached hydrogens (tertiary/aromatic N) is 1. The van der Waals surface area contributed by atoms with E-state index in [1.807, 2.05) is 12.1 Å². The standard InChI is InChI=1S/C12H16N2O2/c1-14(12(16)10-6-13-7-10)8-9-4-2-3-5-11(9)15/h2-5,10,13,15H,6-8H2,1H3. The molecule has 1 saturated heterocycles. The minimum atomic E-state index is 0.107. The molecule has 1 aromatic carbocycles. The third kappa shape index (κ3) is 2.17. The monoisotopic (exact) mass is 220 g/mol. The lowest BCUT2D eigenvalue weighted by atomic mass is 10.0. The molecule has 0 spiro atoms. The van der Waals surface area contributed by atoms with Gasteiger partial charge in [-0.1, -0.05) is 18.2 Å². The van der Waals surface area contributed by atoms with Gasteiger partial charge in [0.1, 0.15) is 5.75 Å². The van der Waals surface area contributed by atoms with E-state index in [1.54, 1.807) is 24.1 Å². The number of amides is 1. The van der Waals surface area contributed by atoms with Gasteiger partial charge >= 0.3 is 0 Å². The zero-order chi connectivity index (χ0) is 11.5. The van der Waals surface area contributed by atoms with E-state index in [9.17, 15) is 9.90 Å². The first-order chi connectivity index (χ1) is 7.68. The Hall–Kier alpha value is -1.55. The summed E-state index contributed by atoms with van der Waals surface area (Å²) >= 11 is 0. The molecule has 1 aliphatic rings. The number of nitrogens with one attached hydrogen (secondary N) is 1. The van der Waals surface area contributed by atoms with Crippen LogP contribution in [0, 0.1) is 5.92 Å². The Morgan fingerprint density at radius 2 is 2.19 bits per heavy atom. The molecule has 0 bridgehead atoms. The summed E-state index contributed by atoms with van der Waals surface area (Å²) in [5.41, 5.74) is 0.783. The summed E-state index contributed by atoms with van der Waals surface area (Å²) in [6.07, 6.45) is 0. The number of carbonyl (C=O) groups is 1. The number of para-hydroxylation sites is 1.